The van der Waals surface area contributed by atoms with Crippen LogP contribution in [-0.2, 0) is 25.4 Å². The van der Waals surface area contributed by atoms with Crippen molar-refractivity contribution in [3.63, 3.8) is 0 Å². The van der Waals surface area contributed by atoms with E-state index in [1.165, 1.54) is 10.5 Å². The molecule has 0 aromatic heterocycles. The van der Waals surface area contributed by atoms with Gasteiger partial charge in [0.2, 0.25) is 5.91 Å². The molecule has 0 radical (unpaired) electrons. The normalized spacial score (nSPS) is 21.2. The first kappa shape index (κ1) is 21.5. The van der Waals surface area contributed by atoms with Gasteiger partial charge in [-0.1, -0.05) is 30.3 Å². The van der Waals surface area contributed by atoms with Crippen molar-refractivity contribution < 1.29 is 19.0 Å². The molecule has 2 saturated heterocycles. The summed E-state index contributed by atoms with van der Waals surface area (Å²) < 4.78 is 17.5. The molecule has 160 valence electrons. The van der Waals surface area contributed by atoms with Gasteiger partial charge in [0.05, 0.1) is 19.8 Å². The zero-order valence-corrected chi connectivity index (χ0v) is 17.4. The van der Waals surface area contributed by atoms with E-state index < -0.39 is 5.79 Å². The van der Waals surface area contributed by atoms with Gasteiger partial charge in [0.15, 0.2) is 11.7 Å². The summed E-state index contributed by atoms with van der Waals surface area (Å²) in [5.74, 6) is 0.0622. The van der Waals surface area contributed by atoms with Crippen molar-refractivity contribution in [3.05, 3.63) is 35.9 Å². The maximum Gasteiger partial charge on any atom is 0.243 e. The minimum atomic E-state index is -0.496. The maximum atomic E-state index is 11.9. The van der Waals surface area contributed by atoms with Crippen molar-refractivity contribution in [2.24, 2.45) is 4.99 Å². The molecular formula is C21H32N4O4. The van der Waals surface area contributed by atoms with Gasteiger partial charge in [-0.15, -0.1) is 0 Å². The molecule has 2 fully saturated rings. The number of carbonyl (C=O) groups excluding carboxylic acids is 1. The summed E-state index contributed by atoms with van der Waals surface area (Å²) in [7, 11) is 3.45. The molecule has 2 aliphatic heterocycles. The summed E-state index contributed by atoms with van der Waals surface area (Å²) in [5, 5.41) is 6.61. The molecule has 8 nitrogen and oxygen atoms in total. The summed E-state index contributed by atoms with van der Waals surface area (Å²) in [6, 6.07) is 10.3. The molecule has 2 aliphatic rings. The molecule has 29 heavy (non-hydrogen) atoms. The Morgan fingerprint density at radius 3 is 2.69 bits per heavy atom. The van der Waals surface area contributed by atoms with Crippen LogP contribution in [0.2, 0.25) is 0 Å². The van der Waals surface area contributed by atoms with Gasteiger partial charge in [-0.05, 0) is 12.0 Å². The third kappa shape index (κ3) is 6.69. The Labute approximate surface area is 172 Å². The molecule has 0 bridgehead atoms. The number of aliphatic imine (C=N–C) groups is 1. The van der Waals surface area contributed by atoms with Gasteiger partial charge in [-0.25, -0.2) is 4.99 Å². The van der Waals surface area contributed by atoms with Crippen LogP contribution in [0.15, 0.2) is 35.3 Å². The first-order chi connectivity index (χ1) is 14.1. The lowest BCUT2D eigenvalue weighted by Crippen LogP contribution is -2.44. The molecule has 1 atom stereocenters. The number of nitrogens with one attached hydrogen (secondary N) is 2. The summed E-state index contributed by atoms with van der Waals surface area (Å²) in [6.07, 6.45) is 2.34. The van der Waals surface area contributed by atoms with Crippen LogP contribution in [-0.4, -0.2) is 82.2 Å². The highest BCUT2D eigenvalue weighted by molar-refractivity contribution is 5.84. The minimum absolute atomic E-state index is 0.0456. The number of hydrogen-bond acceptors (Lipinski definition) is 5. The smallest absolute Gasteiger partial charge is 0.243 e. The fraction of sp³-hybridized carbons (Fsp3) is 0.619. The van der Waals surface area contributed by atoms with Crippen LogP contribution < -0.4 is 10.6 Å². The van der Waals surface area contributed by atoms with Gasteiger partial charge in [0.25, 0.3) is 0 Å². The van der Waals surface area contributed by atoms with E-state index in [9.17, 15) is 4.79 Å². The average molecular weight is 405 g/mol. The Hall–Kier alpha value is -2.16. The maximum absolute atomic E-state index is 11.9. The minimum Gasteiger partial charge on any atom is -0.381 e. The first-order valence-corrected chi connectivity index (χ1v) is 10.2. The SMILES string of the molecule is CN(C)C(=O)CN=C(NCCc1ccccc1)NCC1COC2(CCOCC2)O1. The fourth-order valence-electron chi connectivity index (χ4n) is 3.30. The lowest BCUT2D eigenvalue weighted by molar-refractivity contribution is -0.210. The molecule has 3 rings (SSSR count). The van der Waals surface area contributed by atoms with E-state index >= 15 is 0 Å². The van der Waals surface area contributed by atoms with Gasteiger partial charge in [-0.2, -0.15) is 0 Å². The third-order valence-corrected chi connectivity index (χ3v) is 5.09. The predicted molar refractivity (Wildman–Crippen MR) is 111 cm³/mol. The summed E-state index contributed by atoms with van der Waals surface area (Å²) in [5.41, 5.74) is 1.25. The molecule has 2 heterocycles. The van der Waals surface area contributed by atoms with Crippen molar-refractivity contribution in [2.75, 3.05) is 53.6 Å². The van der Waals surface area contributed by atoms with Crippen molar-refractivity contribution in [1.29, 1.82) is 0 Å². The van der Waals surface area contributed by atoms with Gasteiger partial charge in [0, 0.05) is 40.0 Å². The Bertz CT molecular complexity index is 675. The van der Waals surface area contributed by atoms with Crippen LogP contribution in [0.1, 0.15) is 18.4 Å². The largest absolute Gasteiger partial charge is 0.381 e. The Balaban J connectivity index is 1.50. The summed E-state index contributed by atoms with van der Waals surface area (Å²) in [6.45, 7) is 3.25. The lowest BCUT2D eigenvalue weighted by Gasteiger charge is -2.31. The van der Waals surface area contributed by atoms with Crippen LogP contribution in [0.3, 0.4) is 0 Å². The molecule has 1 aromatic carbocycles. The Morgan fingerprint density at radius 2 is 1.97 bits per heavy atom. The van der Waals surface area contributed by atoms with E-state index in [4.69, 9.17) is 14.2 Å². The number of benzene rings is 1. The van der Waals surface area contributed by atoms with Crippen LogP contribution in [0.25, 0.3) is 0 Å². The molecule has 2 N–H and O–H groups in total. The second-order valence-electron chi connectivity index (χ2n) is 7.57. The molecule has 1 spiro atoms. The van der Waals surface area contributed by atoms with Crippen molar-refractivity contribution in [3.8, 4) is 0 Å². The number of rotatable bonds is 7. The highest BCUT2D eigenvalue weighted by atomic mass is 16.7. The molecule has 1 aromatic rings. The number of hydrogen-bond donors (Lipinski definition) is 2. The molecule has 0 saturated carbocycles. The zero-order valence-electron chi connectivity index (χ0n) is 17.4. The number of nitrogens with zero attached hydrogens (tertiary/aromatic N) is 2. The summed E-state index contributed by atoms with van der Waals surface area (Å²) >= 11 is 0. The zero-order chi connectivity index (χ0) is 20.5. The third-order valence-electron chi connectivity index (χ3n) is 5.09. The summed E-state index contributed by atoms with van der Waals surface area (Å²) in [4.78, 5) is 17.9. The highest BCUT2D eigenvalue weighted by Gasteiger charge is 2.42. The van der Waals surface area contributed by atoms with E-state index in [1.54, 1.807) is 14.1 Å². The molecular weight excluding hydrogens is 372 g/mol. The number of guanidine groups is 1. The highest BCUT2D eigenvalue weighted by Crippen LogP contribution is 2.32. The van der Waals surface area contributed by atoms with Gasteiger partial charge in [0.1, 0.15) is 12.6 Å². The van der Waals surface area contributed by atoms with E-state index in [0.717, 1.165) is 25.8 Å². The van der Waals surface area contributed by atoms with Crippen LogP contribution in [0.5, 0.6) is 0 Å². The number of ether oxygens (including phenoxy) is 3. The molecule has 8 heteroatoms. The number of likely N-dealkylation sites (N-methyl/N-ethyl adjacent to an activating group) is 1. The van der Waals surface area contributed by atoms with Crippen molar-refractivity contribution in [2.45, 2.75) is 31.2 Å². The average Bonchev–Trinajstić information content (AvgIpc) is 3.12. The lowest BCUT2D eigenvalue weighted by atomic mass is 10.1. The monoisotopic (exact) mass is 404 g/mol. The van der Waals surface area contributed by atoms with Crippen molar-refractivity contribution >= 4 is 11.9 Å². The Morgan fingerprint density at radius 1 is 1.21 bits per heavy atom. The predicted octanol–water partition coefficient (Wildman–Crippen LogP) is 0.775. The van der Waals surface area contributed by atoms with E-state index in [-0.39, 0.29) is 18.6 Å². The molecule has 1 amide bonds. The van der Waals surface area contributed by atoms with E-state index in [1.807, 2.05) is 18.2 Å². The first-order valence-electron chi connectivity index (χ1n) is 10.2. The van der Waals surface area contributed by atoms with Gasteiger partial charge < -0.3 is 29.7 Å². The van der Waals surface area contributed by atoms with E-state index in [2.05, 4.69) is 27.8 Å². The standard InChI is InChI=1S/C21H32N4O4/c1-25(2)19(26)15-24-20(22-11-8-17-6-4-3-5-7-17)23-14-18-16-28-21(29-18)9-12-27-13-10-21/h3-7,18H,8-16H2,1-2H3,(H2,22,23,24). The molecule has 1 unspecified atom stereocenters. The molecule has 0 aliphatic carbocycles. The second kappa shape index (κ2) is 10.6. The second-order valence-corrected chi connectivity index (χ2v) is 7.57. The van der Waals surface area contributed by atoms with E-state index in [0.29, 0.717) is 32.3 Å². The van der Waals surface area contributed by atoms with Crippen LogP contribution >= 0.6 is 0 Å². The van der Waals surface area contributed by atoms with Crippen molar-refractivity contribution in [1.82, 2.24) is 15.5 Å². The fourth-order valence-corrected chi connectivity index (χ4v) is 3.30. The Kier molecular flexibility index (Phi) is 7.85. The number of amides is 1. The van der Waals surface area contributed by atoms with Gasteiger partial charge >= 0.3 is 0 Å². The quantitative estimate of drug-likeness (QED) is 0.516. The number of carbonyl (C=O) groups is 1. The topological polar surface area (TPSA) is 84.4 Å². The van der Waals surface area contributed by atoms with Crippen LogP contribution in [0.4, 0.5) is 0 Å². The van der Waals surface area contributed by atoms with Crippen LogP contribution in [0, 0.1) is 0 Å². The van der Waals surface area contributed by atoms with Gasteiger partial charge in [-0.3, -0.25) is 4.79 Å².